The van der Waals surface area contributed by atoms with Crippen molar-refractivity contribution in [2.45, 2.75) is 20.1 Å². The van der Waals surface area contributed by atoms with Gasteiger partial charge in [0.1, 0.15) is 24.5 Å². The first kappa shape index (κ1) is 24.0. The monoisotopic (exact) mass is 488 g/mol. The number of rotatable bonds is 9. The standard InChI is InChI=1S/C27H24N2O5S/c1-2-32-24-14-19(12-13-23(24)34-16-18-8-4-3-5-9-18)17-33-22-11-7-6-10-20(22)15-21-25(30)28-27(35)29-26(21)31/h3-15H,2,16-17H2,1H3,(H2,28,29,30,31,35). The number of carbonyl (C=O) groups excluding carboxylic acids is 2. The molecule has 0 bridgehead atoms. The Morgan fingerprint density at radius 3 is 2.14 bits per heavy atom. The van der Waals surface area contributed by atoms with Gasteiger partial charge in [0.25, 0.3) is 11.8 Å². The van der Waals surface area contributed by atoms with Gasteiger partial charge in [-0.15, -0.1) is 0 Å². The number of hydrogen-bond acceptors (Lipinski definition) is 6. The fraction of sp³-hybridized carbons (Fsp3) is 0.148. The maximum absolute atomic E-state index is 12.2. The predicted octanol–water partition coefficient (Wildman–Crippen LogP) is 4.16. The molecule has 7 nitrogen and oxygen atoms in total. The van der Waals surface area contributed by atoms with Crippen molar-refractivity contribution >= 4 is 35.2 Å². The van der Waals surface area contributed by atoms with Crippen molar-refractivity contribution in [1.29, 1.82) is 0 Å². The van der Waals surface area contributed by atoms with Gasteiger partial charge in [-0.05, 0) is 54.5 Å². The maximum atomic E-state index is 12.2. The maximum Gasteiger partial charge on any atom is 0.263 e. The van der Waals surface area contributed by atoms with Crippen LogP contribution in [0.25, 0.3) is 6.08 Å². The Balaban J connectivity index is 1.48. The molecule has 0 unspecified atom stereocenters. The largest absolute Gasteiger partial charge is 0.490 e. The van der Waals surface area contributed by atoms with E-state index in [1.165, 1.54) is 6.08 Å². The molecule has 1 saturated heterocycles. The summed E-state index contributed by atoms with van der Waals surface area (Å²) in [5, 5.41) is 4.84. The second-order valence-electron chi connectivity index (χ2n) is 7.61. The molecule has 0 radical (unpaired) electrons. The summed E-state index contributed by atoms with van der Waals surface area (Å²) in [5.41, 5.74) is 2.48. The quantitative estimate of drug-likeness (QED) is 0.267. The van der Waals surface area contributed by atoms with Crippen LogP contribution in [0.5, 0.6) is 17.2 Å². The van der Waals surface area contributed by atoms with E-state index in [9.17, 15) is 9.59 Å². The molecule has 4 rings (SSSR count). The molecule has 3 aromatic carbocycles. The van der Waals surface area contributed by atoms with Crippen LogP contribution >= 0.6 is 12.2 Å². The average molecular weight is 489 g/mol. The van der Waals surface area contributed by atoms with Gasteiger partial charge >= 0.3 is 0 Å². The Labute approximate surface area is 208 Å². The molecule has 2 amide bonds. The number of thiocarbonyl (C=S) groups is 1. The first-order valence-corrected chi connectivity index (χ1v) is 11.5. The second kappa shape index (κ2) is 11.3. The molecule has 2 N–H and O–H groups in total. The molecule has 0 aromatic heterocycles. The van der Waals surface area contributed by atoms with Crippen LogP contribution in [0.3, 0.4) is 0 Å². The minimum Gasteiger partial charge on any atom is -0.490 e. The van der Waals surface area contributed by atoms with Gasteiger partial charge in [0, 0.05) is 5.56 Å². The summed E-state index contributed by atoms with van der Waals surface area (Å²) >= 11 is 4.84. The summed E-state index contributed by atoms with van der Waals surface area (Å²) in [5.74, 6) is 0.696. The van der Waals surface area contributed by atoms with Crippen molar-refractivity contribution in [3.05, 3.63) is 95.1 Å². The zero-order valence-corrected chi connectivity index (χ0v) is 19.9. The first-order valence-electron chi connectivity index (χ1n) is 11.1. The molecule has 1 heterocycles. The smallest absolute Gasteiger partial charge is 0.263 e. The third-order valence-electron chi connectivity index (χ3n) is 5.10. The fourth-order valence-corrected chi connectivity index (χ4v) is 3.60. The number of carbonyl (C=O) groups is 2. The van der Waals surface area contributed by atoms with E-state index < -0.39 is 11.8 Å². The predicted molar refractivity (Wildman–Crippen MR) is 136 cm³/mol. The third-order valence-corrected chi connectivity index (χ3v) is 5.31. The molecule has 0 saturated carbocycles. The number of amides is 2. The SMILES string of the molecule is CCOc1cc(COc2ccccc2C=C2C(=O)NC(=S)NC2=O)ccc1OCc1ccccc1. The Morgan fingerprint density at radius 2 is 1.40 bits per heavy atom. The Bertz CT molecular complexity index is 1250. The minimum absolute atomic E-state index is 0.0111. The highest BCUT2D eigenvalue weighted by Crippen LogP contribution is 2.30. The van der Waals surface area contributed by atoms with Gasteiger partial charge in [0.05, 0.1) is 6.61 Å². The lowest BCUT2D eigenvalue weighted by atomic mass is 10.1. The Morgan fingerprint density at radius 1 is 0.743 bits per heavy atom. The van der Waals surface area contributed by atoms with Gasteiger partial charge < -0.3 is 14.2 Å². The Hall–Kier alpha value is -4.17. The van der Waals surface area contributed by atoms with Crippen LogP contribution in [0.15, 0.2) is 78.4 Å². The molecular formula is C27H24N2O5S. The van der Waals surface area contributed by atoms with E-state index in [1.54, 1.807) is 18.2 Å². The number of nitrogens with one attached hydrogen (secondary N) is 2. The second-order valence-corrected chi connectivity index (χ2v) is 8.02. The van der Waals surface area contributed by atoms with Gasteiger partial charge in [-0.1, -0.05) is 54.6 Å². The summed E-state index contributed by atoms with van der Waals surface area (Å²) in [6.45, 7) is 3.10. The van der Waals surface area contributed by atoms with Gasteiger partial charge in [0.2, 0.25) is 0 Å². The highest BCUT2D eigenvalue weighted by Gasteiger charge is 2.26. The lowest BCUT2D eigenvalue weighted by molar-refractivity contribution is -0.123. The van der Waals surface area contributed by atoms with Crippen molar-refractivity contribution < 1.29 is 23.8 Å². The van der Waals surface area contributed by atoms with E-state index in [0.717, 1.165) is 11.1 Å². The summed E-state index contributed by atoms with van der Waals surface area (Å²) in [6.07, 6.45) is 1.48. The van der Waals surface area contributed by atoms with Crippen molar-refractivity contribution in [3.63, 3.8) is 0 Å². The van der Waals surface area contributed by atoms with Gasteiger partial charge in [0.15, 0.2) is 16.6 Å². The number of benzene rings is 3. The van der Waals surface area contributed by atoms with Gasteiger partial charge in [-0.25, -0.2) is 0 Å². The summed E-state index contributed by atoms with van der Waals surface area (Å²) < 4.78 is 17.8. The van der Waals surface area contributed by atoms with E-state index in [4.69, 9.17) is 26.4 Å². The van der Waals surface area contributed by atoms with Crippen molar-refractivity contribution in [3.8, 4) is 17.2 Å². The van der Waals surface area contributed by atoms with Crippen LogP contribution in [0.1, 0.15) is 23.6 Å². The molecule has 1 aliphatic heterocycles. The normalized spacial score (nSPS) is 13.1. The van der Waals surface area contributed by atoms with Gasteiger partial charge in [-0.3, -0.25) is 20.2 Å². The topological polar surface area (TPSA) is 85.9 Å². The van der Waals surface area contributed by atoms with E-state index in [1.807, 2.05) is 61.5 Å². The van der Waals surface area contributed by atoms with Crippen molar-refractivity contribution in [1.82, 2.24) is 10.6 Å². The lowest BCUT2D eigenvalue weighted by Gasteiger charge is -2.17. The van der Waals surface area contributed by atoms with Crippen LogP contribution in [0.2, 0.25) is 0 Å². The molecule has 0 atom stereocenters. The van der Waals surface area contributed by atoms with Gasteiger partial charge in [-0.2, -0.15) is 0 Å². The molecule has 8 heteroatoms. The molecule has 1 fully saturated rings. The summed E-state index contributed by atoms with van der Waals surface area (Å²) in [7, 11) is 0. The molecular weight excluding hydrogens is 464 g/mol. The molecule has 0 aliphatic carbocycles. The molecule has 35 heavy (non-hydrogen) atoms. The van der Waals surface area contributed by atoms with E-state index in [0.29, 0.717) is 36.0 Å². The number of ether oxygens (including phenoxy) is 3. The zero-order chi connectivity index (χ0) is 24.6. The number of para-hydroxylation sites is 1. The summed E-state index contributed by atoms with van der Waals surface area (Å²) in [6, 6.07) is 22.7. The lowest BCUT2D eigenvalue weighted by Crippen LogP contribution is -2.51. The first-order chi connectivity index (χ1) is 17.0. The van der Waals surface area contributed by atoms with Crippen LogP contribution in [0, 0.1) is 0 Å². The van der Waals surface area contributed by atoms with E-state index in [-0.39, 0.29) is 17.3 Å². The van der Waals surface area contributed by atoms with Crippen molar-refractivity contribution in [2.24, 2.45) is 0 Å². The highest BCUT2D eigenvalue weighted by atomic mass is 32.1. The fourth-order valence-electron chi connectivity index (χ4n) is 3.42. The highest BCUT2D eigenvalue weighted by molar-refractivity contribution is 7.80. The molecule has 178 valence electrons. The Kier molecular flexibility index (Phi) is 7.74. The average Bonchev–Trinajstić information content (AvgIpc) is 2.86. The van der Waals surface area contributed by atoms with Crippen molar-refractivity contribution in [2.75, 3.05) is 6.61 Å². The molecule has 3 aromatic rings. The zero-order valence-electron chi connectivity index (χ0n) is 19.1. The number of hydrogen-bond donors (Lipinski definition) is 2. The molecule has 0 spiro atoms. The van der Waals surface area contributed by atoms with Crippen LogP contribution in [-0.2, 0) is 22.8 Å². The molecule has 1 aliphatic rings. The minimum atomic E-state index is -0.555. The third kappa shape index (κ3) is 6.24. The van der Waals surface area contributed by atoms with E-state index >= 15 is 0 Å². The van der Waals surface area contributed by atoms with Crippen LogP contribution < -0.4 is 24.8 Å². The van der Waals surface area contributed by atoms with Crippen LogP contribution in [0.4, 0.5) is 0 Å². The van der Waals surface area contributed by atoms with Crippen LogP contribution in [-0.4, -0.2) is 23.5 Å². The summed E-state index contributed by atoms with van der Waals surface area (Å²) in [4.78, 5) is 24.4. The van der Waals surface area contributed by atoms with E-state index in [2.05, 4.69) is 10.6 Å².